The molecule has 0 aromatic rings. The highest BCUT2D eigenvalue weighted by Gasteiger charge is 2.38. The molecule has 3 nitrogen and oxygen atoms in total. The summed E-state index contributed by atoms with van der Waals surface area (Å²) in [5, 5.41) is 18.1. The van der Waals surface area contributed by atoms with Gasteiger partial charge in [0.1, 0.15) is 0 Å². The number of hydrogen-bond donors (Lipinski definition) is 2. The van der Waals surface area contributed by atoms with Crippen molar-refractivity contribution < 1.29 is 14.7 Å². The zero-order chi connectivity index (χ0) is 12.6. The molecule has 0 fully saturated rings. The molecule has 0 rings (SSSR count). The molecular formula is C12H27BO3. The summed E-state index contributed by atoms with van der Waals surface area (Å²) in [6.45, 7) is 8.43. The van der Waals surface area contributed by atoms with Crippen LogP contribution in [-0.2, 0) is 4.65 Å². The molecule has 0 saturated heterocycles. The van der Waals surface area contributed by atoms with Crippen LogP contribution in [0.3, 0.4) is 0 Å². The highest BCUT2D eigenvalue weighted by atomic mass is 16.6. The van der Waals surface area contributed by atoms with Crippen LogP contribution < -0.4 is 0 Å². The van der Waals surface area contributed by atoms with Crippen LogP contribution in [0.15, 0.2) is 0 Å². The van der Waals surface area contributed by atoms with Crippen LogP contribution in [0.5, 0.6) is 0 Å². The molecule has 1 atom stereocenters. The topological polar surface area (TPSA) is 49.7 Å². The first kappa shape index (κ1) is 15.9. The van der Waals surface area contributed by atoms with Gasteiger partial charge in [-0.1, -0.05) is 47.0 Å². The summed E-state index contributed by atoms with van der Waals surface area (Å²) in [6.07, 6.45) is 6.11. The van der Waals surface area contributed by atoms with E-state index in [0.29, 0.717) is 5.92 Å². The lowest BCUT2D eigenvalue weighted by molar-refractivity contribution is -0.0409. The minimum absolute atomic E-state index is 0.377. The quantitative estimate of drug-likeness (QED) is 0.599. The Kier molecular flexibility index (Phi) is 8.07. The Bertz CT molecular complexity index is 170. The van der Waals surface area contributed by atoms with Crippen molar-refractivity contribution >= 4 is 7.32 Å². The average Bonchev–Trinajstić information content (AvgIpc) is 2.27. The summed E-state index contributed by atoms with van der Waals surface area (Å²) >= 11 is 0. The van der Waals surface area contributed by atoms with E-state index in [0.717, 1.165) is 25.7 Å². The highest BCUT2D eigenvalue weighted by molar-refractivity contribution is 6.32. The largest absolute Gasteiger partial charge is 0.634 e. The van der Waals surface area contributed by atoms with Crippen molar-refractivity contribution in [2.24, 2.45) is 5.92 Å². The van der Waals surface area contributed by atoms with Gasteiger partial charge in [-0.3, -0.25) is 0 Å². The zero-order valence-corrected chi connectivity index (χ0v) is 11.2. The summed E-state index contributed by atoms with van der Waals surface area (Å²) in [6, 6.07) is 0. The van der Waals surface area contributed by atoms with E-state index in [1.54, 1.807) is 0 Å². The van der Waals surface area contributed by atoms with E-state index in [2.05, 4.69) is 27.7 Å². The molecule has 0 radical (unpaired) electrons. The van der Waals surface area contributed by atoms with Crippen LogP contribution in [0.4, 0.5) is 0 Å². The lowest BCUT2D eigenvalue weighted by Gasteiger charge is -2.39. The molecule has 0 aliphatic carbocycles. The van der Waals surface area contributed by atoms with Crippen LogP contribution in [0.1, 0.15) is 66.2 Å². The monoisotopic (exact) mass is 230 g/mol. The van der Waals surface area contributed by atoms with Crippen molar-refractivity contribution in [1.82, 2.24) is 0 Å². The van der Waals surface area contributed by atoms with E-state index in [-0.39, 0.29) is 5.60 Å². The Balaban J connectivity index is 4.66. The maximum Gasteiger partial charge on any atom is 0.634 e. The van der Waals surface area contributed by atoms with Crippen molar-refractivity contribution in [3.63, 3.8) is 0 Å². The van der Waals surface area contributed by atoms with Crippen LogP contribution in [0.2, 0.25) is 0 Å². The summed E-state index contributed by atoms with van der Waals surface area (Å²) < 4.78 is 5.40. The molecule has 96 valence electrons. The third-order valence-electron chi connectivity index (χ3n) is 3.68. The molecule has 1 unspecified atom stereocenters. The zero-order valence-electron chi connectivity index (χ0n) is 11.2. The fourth-order valence-electron chi connectivity index (χ4n) is 2.59. The molecule has 0 spiro atoms. The Morgan fingerprint density at radius 3 is 2.00 bits per heavy atom. The van der Waals surface area contributed by atoms with Gasteiger partial charge < -0.3 is 14.7 Å². The predicted molar refractivity (Wildman–Crippen MR) is 67.9 cm³/mol. The van der Waals surface area contributed by atoms with Gasteiger partial charge in [-0.05, 0) is 25.2 Å². The summed E-state index contributed by atoms with van der Waals surface area (Å²) in [5.74, 6) is 0.407. The van der Waals surface area contributed by atoms with Crippen LogP contribution in [0, 0.1) is 5.92 Å². The fourth-order valence-corrected chi connectivity index (χ4v) is 2.59. The first-order valence-electron chi connectivity index (χ1n) is 6.60. The number of rotatable bonds is 9. The van der Waals surface area contributed by atoms with Gasteiger partial charge in [-0.25, -0.2) is 0 Å². The standard InChI is InChI=1S/C12H27BO3/c1-5-9-10-11(6-2)12(7-3,8-4)16-13(14)15/h11,14-15H,5-10H2,1-4H3. The van der Waals surface area contributed by atoms with Gasteiger partial charge in [-0.2, -0.15) is 0 Å². The van der Waals surface area contributed by atoms with Crippen molar-refractivity contribution in [2.75, 3.05) is 0 Å². The Hall–Kier alpha value is -0.0551. The van der Waals surface area contributed by atoms with E-state index in [1.807, 2.05) is 0 Å². The predicted octanol–water partition coefficient (Wildman–Crippen LogP) is 2.75. The van der Waals surface area contributed by atoms with Gasteiger partial charge in [0, 0.05) is 0 Å². The summed E-state index contributed by atoms with van der Waals surface area (Å²) in [4.78, 5) is 0. The smallest absolute Gasteiger partial charge is 0.402 e. The van der Waals surface area contributed by atoms with Crippen LogP contribution in [-0.4, -0.2) is 23.0 Å². The van der Waals surface area contributed by atoms with Crippen molar-refractivity contribution in [2.45, 2.75) is 71.8 Å². The minimum Gasteiger partial charge on any atom is -0.402 e. The van der Waals surface area contributed by atoms with Gasteiger partial charge >= 0.3 is 7.32 Å². The molecule has 0 aromatic carbocycles. The van der Waals surface area contributed by atoms with Crippen molar-refractivity contribution in [1.29, 1.82) is 0 Å². The minimum atomic E-state index is -1.66. The van der Waals surface area contributed by atoms with E-state index in [4.69, 9.17) is 14.7 Å². The van der Waals surface area contributed by atoms with Crippen LogP contribution >= 0.6 is 0 Å². The van der Waals surface area contributed by atoms with Gasteiger partial charge in [0.25, 0.3) is 0 Å². The second-order valence-electron chi connectivity index (χ2n) is 4.46. The number of hydrogen-bond acceptors (Lipinski definition) is 3. The summed E-state index contributed by atoms with van der Waals surface area (Å²) in [5.41, 5.74) is -0.377. The normalized spacial score (nSPS) is 13.9. The third-order valence-corrected chi connectivity index (χ3v) is 3.68. The second-order valence-corrected chi connectivity index (χ2v) is 4.46. The van der Waals surface area contributed by atoms with E-state index >= 15 is 0 Å². The second kappa shape index (κ2) is 8.10. The van der Waals surface area contributed by atoms with Crippen molar-refractivity contribution in [3.05, 3.63) is 0 Å². The maximum atomic E-state index is 9.05. The maximum absolute atomic E-state index is 9.05. The fraction of sp³-hybridized carbons (Fsp3) is 1.00. The molecule has 16 heavy (non-hydrogen) atoms. The lowest BCUT2D eigenvalue weighted by Crippen LogP contribution is -2.44. The molecule has 0 aliphatic heterocycles. The van der Waals surface area contributed by atoms with Crippen molar-refractivity contribution in [3.8, 4) is 0 Å². The molecule has 4 heteroatoms. The van der Waals surface area contributed by atoms with Gasteiger partial charge in [0.05, 0.1) is 5.60 Å². The third kappa shape index (κ3) is 4.44. The Morgan fingerprint density at radius 2 is 1.69 bits per heavy atom. The molecular weight excluding hydrogens is 203 g/mol. The summed E-state index contributed by atoms with van der Waals surface area (Å²) in [7, 11) is -1.66. The van der Waals surface area contributed by atoms with E-state index in [9.17, 15) is 0 Å². The molecule has 0 aliphatic rings. The van der Waals surface area contributed by atoms with E-state index in [1.165, 1.54) is 12.8 Å². The Morgan fingerprint density at radius 1 is 1.12 bits per heavy atom. The van der Waals surface area contributed by atoms with Crippen LogP contribution in [0.25, 0.3) is 0 Å². The lowest BCUT2D eigenvalue weighted by atomic mass is 9.77. The molecule has 0 saturated carbocycles. The average molecular weight is 230 g/mol. The van der Waals surface area contributed by atoms with E-state index < -0.39 is 7.32 Å². The first-order valence-corrected chi connectivity index (χ1v) is 6.60. The molecule has 2 N–H and O–H groups in total. The van der Waals surface area contributed by atoms with Gasteiger partial charge in [0.2, 0.25) is 0 Å². The van der Waals surface area contributed by atoms with Gasteiger partial charge in [-0.15, -0.1) is 0 Å². The highest BCUT2D eigenvalue weighted by Crippen LogP contribution is 2.35. The number of unbranched alkanes of at least 4 members (excludes halogenated alkanes) is 1. The molecule has 0 heterocycles. The molecule has 0 amide bonds. The Labute approximate surface area is 100 Å². The molecule has 0 aromatic heterocycles. The SMILES string of the molecule is CCCCC(CC)C(CC)(CC)OB(O)O. The molecule has 0 bridgehead atoms. The first-order chi connectivity index (χ1) is 7.56. The van der Waals surface area contributed by atoms with Gasteiger partial charge in [0.15, 0.2) is 0 Å².